The number of sulfonamides is 1. The maximum absolute atomic E-state index is 11.7. The minimum Gasteiger partial charge on any atom is -0.377 e. The van der Waals surface area contributed by atoms with E-state index < -0.39 is 10.0 Å². The van der Waals surface area contributed by atoms with Gasteiger partial charge in [0.1, 0.15) is 0 Å². The Morgan fingerprint density at radius 3 is 2.88 bits per heavy atom. The van der Waals surface area contributed by atoms with E-state index in [1.165, 1.54) is 0 Å². The van der Waals surface area contributed by atoms with Gasteiger partial charge in [-0.15, -0.1) is 0 Å². The molecule has 16 heavy (non-hydrogen) atoms. The van der Waals surface area contributed by atoms with Crippen molar-refractivity contribution >= 4 is 10.0 Å². The largest absolute Gasteiger partial charge is 0.377 e. The van der Waals surface area contributed by atoms with E-state index in [4.69, 9.17) is 10.00 Å². The molecule has 0 aromatic rings. The van der Waals surface area contributed by atoms with Crippen LogP contribution in [-0.2, 0) is 14.8 Å². The molecule has 1 aliphatic heterocycles. The molecule has 0 aromatic heterocycles. The van der Waals surface area contributed by atoms with Crippen molar-refractivity contribution in [1.29, 1.82) is 5.26 Å². The summed E-state index contributed by atoms with van der Waals surface area (Å²) < 4.78 is 31.3. The number of rotatable bonds is 6. The molecule has 1 N–H and O–H groups in total. The van der Waals surface area contributed by atoms with Crippen LogP contribution in [-0.4, -0.2) is 32.9 Å². The highest BCUT2D eigenvalue weighted by Crippen LogP contribution is 2.14. The number of hydrogen-bond donors (Lipinski definition) is 1. The second kappa shape index (κ2) is 6.18. The summed E-state index contributed by atoms with van der Waals surface area (Å²) in [4.78, 5) is 0. The summed E-state index contributed by atoms with van der Waals surface area (Å²) in [5.41, 5.74) is 0. The summed E-state index contributed by atoms with van der Waals surface area (Å²) in [5, 5.41) is 8.54. The highest BCUT2D eigenvalue weighted by molar-refractivity contribution is 7.89. The first-order valence-electron chi connectivity index (χ1n) is 5.56. The average molecular weight is 246 g/mol. The van der Waals surface area contributed by atoms with E-state index >= 15 is 0 Å². The van der Waals surface area contributed by atoms with Gasteiger partial charge in [-0.3, -0.25) is 0 Å². The summed E-state index contributed by atoms with van der Waals surface area (Å²) in [7, 11) is -3.32. The molecule has 0 spiro atoms. The predicted molar refractivity (Wildman–Crippen MR) is 60.2 cm³/mol. The Bertz CT molecular complexity index is 342. The fraction of sp³-hybridized carbons (Fsp3) is 0.900. The molecule has 0 amide bonds. The van der Waals surface area contributed by atoms with Gasteiger partial charge in [0.25, 0.3) is 0 Å². The fourth-order valence-corrected chi connectivity index (χ4v) is 3.31. The average Bonchev–Trinajstić information content (AvgIpc) is 2.68. The zero-order chi connectivity index (χ0) is 12.0. The molecule has 2 atom stereocenters. The zero-order valence-electron chi connectivity index (χ0n) is 9.48. The topological polar surface area (TPSA) is 79.2 Å². The van der Waals surface area contributed by atoms with Gasteiger partial charge in [-0.1, -0.05) is 6.92 Å². The van der Waals surface area contributed by atoms with Crippen molar-refractivity contribution in [1.82, 2.24) is 4.72 Å². The SMILES string of the molecule is CCC(CC#N)NS(=O)(=O)CC1CCCO1. The minimum atomic E-state index is -3.32. The van der Waals surface area contributed by atoms with E-state index in [-0.39, 0.29) is 24.3 Å². The quantitative estimate of drug-likeness (QED) is 0.751. The lowest BCUT2D eigenvalue weighted by molar-refractivity contribution is 0.127. The van der Waals surface area contributed by atoms with Crippen LogP contribution in [0.5, 0.6) is 0 Å². The summed E-state index contributed by atoms with van der Waals surface area (Å²) >= 11 is 0. The van der Waals surface area contributed by atoms with Gasteiger partial charge >= 0.3 is 0 Å². The van der Waals surface area contributed by atoms with Crippen LogP contribution in [0.15, 0.2) is 0 Å². The molecule has 0 aromatic carbocycles. The van der Waals surface area contributed by atoms with Crippen molar-refractivity contribution in [2.45, 2.75) is 44.8 Å². The van der Waals surface area contributed by atoms with E-state index in [1.54, 1.807) is 0 Å². The van der Waals surface area contributed by atoms with Crippen molar-refractivity contribution < 1.29 is 13.2 Å². The van der Waals surface area contributed by atoms with Crippen LogP contribution < -0.4 is 4.72 Å². The Morgan fingerprint density at radius 2 is 2.38 bits per heavy atom. The first-order chi connectivity index (χ1) is 7.57. The monoisotopic (exact) mass is 246 g/mol. The zero-order valence-corrected chi connectivity index (χ0v) is 10.3. The molecule has 0 bridgehead atoms. The molecule has 1 rings (SSSR count). The maximum Gasteiger partial charge on any atom is 0.214 e. The standard InChI is InChI=1S/C10H18N2O3S/c1-2-9(5-6-11)12-16(13,14)8-10-4-3-7-15-10/h9-10,12H,2-5,7-8H2,1H3. The molecule has 1 fully saturated rings. The highest BCUT2D eigenvalue weighted by atomic mass is 32.2. The summed E-state index contributed by atoms with van der Waals surface area (Å²) in [6.45, 7) is 2.51. The van der Waals surface area contributed by atoms with Gasteiger partial charge in [0.15, 0.2) is 0 Å². The Kier molecular flexibility index (Phi) is 5.19. The first kappa shape index (κ1) is 13.4. The Morgan fingerprint density at radius 1 is 1.62 bits per heavy atom. The van der Waals surface area contributed by atoms with Crippen molar-refractivity contribution in [3.63, 3.8) is 0 Å². The van der Waals surface area contributed by atoms with E-state index in [2.05, 4.69) is 4.72 Å². The molecule has 1 saturated heterocycles. The third-order valence-electron chi connectivity index (χ3n) is 2.61. The molecular weight excluding hydrogens is 228 g/mol. The van der Waals surface area contributed by atoms with Gasteiger partial charge in [0, 0.05) is 12.6 Å². The van der Waals surface area contributed by atoms with Crippen molar-refractivity contribution in [2.75, 3.05) is 12.4 Å². The fourth-order valence-electron chi connectivity index (χ4n) is 1.70. The number of nitrogens with one attached hydrogen (secondary N) is 1. The normalized spacial score (nSPS) is 22.9. The molecule has 0 saturated carbocycles. The number of ether oxygens (including phenoxy) is 1. The third-order valence-corrected chi connectivity index (χ3v) is 4.11. The van der Waals surface area contributed by atoms with E-state index in [0.29, 0.717) is 13.0 Å². The summed E-state index contributed by atoms with van der Waals surface area (Å²) in [5.74, 6) is 0.00886. The first-order valence-corrected chi connectivity index (χ1v) is 7.21. The third kappa shape index (κ3) is 4.47. The van der Waals surface area contributed by atoms with Crippen LogP contribution in [0.1, 0.15) is 32.6 Å². The molecule has 6 heteroatoms. The molecular formula is C10H18N2O3S. The van der Waals surface area contributed by atoms with E-state index in [0.717, 1.165) is 12.8 Å². The van der Waals surface area contributed by atoms with Gasteiger partial charge in [-0.25, -0.2) is 13.1 Å². The van der Waals surface area contributed by atoms with Crippen LogP contribution in [0.4, 0.5) is 0 Å². The number of nitrogens with zero attached hydrogens (tertiary/aromatic N) is 1. The van der Waals surface area contributed by atoms with Crippen LogP contribution in [0.25, 0.3) is 0 Å². The minimum absolute atomic E-state index is 0.00886. The second-order valence-corrected chi connectivity index (χ2v) is 5.80. The van der Waals surface area contributed by atoms with Crippen molar-refractivity contribution in [3.8, 4) is 6.07 Å². The van der Waals surface area contributed by atoms with E-state index in [1.807, 2.05) is 13.0 Å². The lowest BCUT2D eigenvalue weighted by Crippen LogP contribution is -2.38. The van der Waals surface area contributed by atoms with Crippen LogP contribution in [0.3, 0.4) is 0 Å². The second-order valence-electron chi connectivity index (χ2n) is 4.00. The smallest absolute Gasteiger partial charge is 0.214 e. The van der Waals surface area contributed by atoms with Crippen molar-refractivity contribution in [3.05, 3.63) is 0 Å². The summed E-state index contributed by atoms with van der Waals surface area (Å²) in [6, 6.07) is 1.70. The Balaban J connectivity index is 2.46. The van der Waals surface area contributed by atoms with Crippen LogP contribution >= 0.6 is 0 Å². The highest BCUT2D eigenvalue weighted by Gasteiger charge is 2.24. The van der Waals surface area contributed by atoms with Gasteiger partial charge in [-0.05, 0) is 19.3 Å². The predicted octanol–water partition coefficient (Wildman–Crippen LogP) is 0.777. The molecule has 2 unspecified atom stereocenters. The molecule has 0 aliphatic carbocycles. The molecule has 92 valence electrons. The summed E-state index contributed by atoms with van der Waals surface area (Å²) in [6.07, 6.45) is 2.38. The molecule has 1 heterocycles. The van der Waals surface area contributed by atoms with Crippen molar-refractivity contribution in [2.24, 2.45) is 0 Å². The van der Waals surface area contributed by atoms with Crippen LogP contribution in [0.2, 0.25) is 0 Å². The van der Waals surface area contributed by atoms with Gasteiger partial charge in [0.2, 0.25) is 10.0 Å². The Labute approximate surface area is 96.8 Å². The van der Waals surface area contributed by atoms with Gasteiger partial charge in [0.05, 0.1) is 24.3 Å². The van der Waals surface area contributed by atoms with Gasteiger partial charge in [-0.2, -0.15) is 5.26 Å². The lowest BCUT2D eigenvalue weighted by Gasteiger charge is -2.16. The molecule has 0 radical (unpaired) electrons. The number of nitriles is 1. The molecule has 1 aliphatic rings. The molecule has 5 nitrogen and oxygen atoms in total. The number of hydrogen-bond acceptors (Lipinski definition) is 4. The van der Waals surface area contributed by atoms with Gasteiger partial charge < -0.3 is 4.74 Å². The van der Waals surface area contributed by atoms with Crippen LogP contribution in [0, 0.1) is 11.3 Å². The van der Waals surface area contributed by atoms with E-state index in [9.17, 15) is 8.42 Å². The lowest BCUT2D eigenvalue weighted by atomic mass is 10.2. The maximum atomic E-state index is 11.7. The Hall–Kier alpha value is -0.640.